The smallest absolute Gasteiger partial charge is 0.246 e. The molecule has 6 rings (SSSR count). The van der Waals surface area contributed by atoms with E-state index in [2.05, 4.69) is 63.1 Å². The second-order valence-corrected chi connectivity index (χ2v) is 10.5. The van der Waals surface area contributed by atoms with Crippen molar-refractivity contribution in [1.82, 2.24) is 9.99 Å². The number of halogens is 1. The third-order valence-corrected chi connectivity index (χ3v) is 7.97. The van der Waals surface area contributed by atoms with Gasteiger partial charge in [-0.25, -0.2) is 5.43 Å². The quantitative estimate of drug-likeness (QED) is 0.480. The highest BCUT2D eigenvalue weighted by Gasteiger charge is 2.54. The minimum absolute atomic E-state index is 0.148. The van der Waals surface area contributed by atoms with E-state index in [4.69, 9.17) is 0 Å². The summed E-state index contributed by atoms with van der Waals surface area (Å²) in [6.07, 6.45) is 9.04. The van der Waals surface area contributed by atoms with Crippen LogP contribution >= 0.6 is 15.9 Å². The van der Waals surface area contributed by atoms with Gasteiger partial charge in [-0.15, -0.1) is 0 Å². The molecule has 4 bridgehead atoms. The summed E-state index contributed by atoms with van der Waals surface area (Å²) in [6, 6.07) is 10.4. The zero-order chi connectivity index (χ0) is 20.2. The van der Waals surface area contributed by atoms with Gasteiger partial charge in [0, 0.05) is 27.1 Å². The molecule has 0 saturated heterocycles. The van der Waals surface area contributed by atoms with E-state index in [1.807, 2.05) is 12.1 Å². The number of benzene rings is 1. The molecule has 0 atom stereocenters. The van der Waals surface area contributed by atoms with Gasteiger partial charge in [-0.3, -0.25) is 4.79 Å². The predicted octanol–water partition coefficient (Wildman–Crippen LogP) is 5.52. The summed E-state index contributed by atoms with van der Waals surface area (Å²) >= 11 is 3.49. The number of rotatable bonds is 4. The lowest BCUT2D eigenvalue weighted by Gasteiger charge is -2.55. The Morgan fingerprint density at radius 1 is 1.10 bits per heavy atom. The molecule has 4 nitrogen and oxygen atoms in total. The molecule has 1 N–H and O–H groups in total. The number of carbonyl (C=O) groups excluding carboxylic acids is 1. The van der Waals surface area contributed by atoms with Gasteiger partial charge in [0.15, 0.2) is 0 Å². The van der Waals surface area contributed by atoms with Crippen LogP contribution in [-0.4, -0.2) is 16.7 Å². The maximum atomic E-state index is 13.1. The van der Waals surface area contributed by atoms with E-state index < -0.39 is 0 Å². The number of nitrogens with one attached hydrogen (secondary N) is 1. The van der Waals surface area contributed by atoms with Crippen LogP contribution in [-0.2, 0) is 4.79 Å². The van der Waals surface area contributed by atoms with Crippen LogP contribution in [0, 0.1) is 37.0 Å². The van der Waals surface area contributed by atoms with Gasteiger partial charge in [0.1, 0.15) is 0 Å². The normalized spacial score (nSPS) is 30.2. The minimum Gasteiger partial charge on any atom is -0.318 e. The summed E-state index contributed by atoms with van der Waals surface area (Å²) < 4.78 is 3.28. The zero-order valence-corrected chi connectivity index (χ0v) is 18.7. The molecule has 0 aliphatic heterocycles. The lowest BCUT2D eigenvalue weighted by molar-refractivity contribution is -0.146. The third kappa shape index (κ3) is 3.37. The second kappa shape index (κ2) is 7.12. The molecule has 1 aromatic carbocycles. The molecule has 4 saturated carbocycles. The average molecular weight is 454 g/mol. The van der Waals surface area contributed by atoms with Crippen LogP contribution in [0.2, 0.25) is 0 Å². The number of aryl methyl sites for hydroxylation is 1. The van der Waals surface area contributed by atoms with E-state index in [0.29, 0.717) is 0 Å². The van der Waals surface area contributed by atoms with Gasteiger partial charge in [-0.2, -0.15) is 5.10 Å². The van der Waals surface area contributed by atoms with Crippen molar-refractivity contribution in [3.8, 4) is 5.69 Å². The molecule has 152 valence electrons. The van der Waals surface area contributed by atoms with Gasteiger partial charge < -0.3 is 4.57 Å². The fraction of sp³-hybridized carbons (Fsp3) is 0.500. The number of nitrogens with zero attached hydrogens (tertiary/aromatic N) is 2. The van der Waals surface area contributed by atoms with Crippen LogP contribution in [0.5, 0.6) is 0 Å². The first-order chi connectivity index (χ1) is 13.9. The number of hydrogen-bond donors (Lipinski definition) is 1. The lowest BCUT2D eigenvalue weighted by atomic mass is 9.49. The molecule has 1 amide bonds. The van der Waals surface area contributed by atoms with Gasteiger partial charge in [0.05, 0.1) is 11.6 Å². The predicted molar refractivity (Wildman–Crippen MR) is 119 cm³/mol. The van der Waals surface area contributed by atoms with Crippen LogP contribution < -0.4 is 5.43 Å². The molecular formula is C24H28BrN3O. The van der Waals surface area contributed by atoms with E-state index in [1.54, 1.807) is 6.21 Å². The van der Waals surface area contributed by atoms with Crippen LogP contribution in [0.1, 0.15) is 55.5 Å². The number of hydrogen-bond acceptors (Lipinski definition) is 2. The van der Waals surface area contributed by atoms with Crippen molar-refractivity contribution in [3.05, 3.63) is 51.8 Å². The van der Waals surface area contributed by atoms with E-state index in [0.717, 1.165) is 64.1 Å². The van der Waals surface area contributed by atoms with Crippen molar-refractivity contribution >= 4 is 28.1 Å². The van der Waals surface area contributed by atoms with Crippen LogP contribution in [0.25, 0.3) is 5.69 Å². The molecule has 4 aliphatic rings. The van der Waals surface area contributed by atoms with Crippen LogP contribution in [0.4, 0.5) is 0 Å². The Bertz CT molecular complexity index is 937. The molecule has 29 heavy (non-hydrogen) atoms. The highest BCUT2D eigenvalue weighted by molar-refractivity contribution is 9.10. The highest BCUT2D eigenvalue weighted by atomic mass is 79.9. The van der Waals surface area contributed by atoms with Gasteiger partial charge in [-0.1, -0.05) is 15.9 Å². The molecule has 4 fully saturated rings. The van der Waals surface area contributed by atoms with Crippen LogP contribution in [0.15, 0.2) is 39.9 Å². The number of carbonyl (C=O) groups is 1. The largest absolute Gasteiger partial charge is 0.318 e. The lowest BCUT2D eigenvalue weighted by Crippen LogP contribution is -2.52. The molecule has 1 aromatic heterocycles. The summed E-state index contributed by atoms with van der Waals surface area (Å²) in [6.45, 7) is 4.19. The second-order valence-electron chi connectivity index (χ2n) is 9.54. The third-order valence-electron chi connectivity index (χ3n) is 7.44. The topological polar surface area (TPSA) is 46.4 Å². The summed E-state index contributed by atoms with van der Waals surface area (Å²) in [5.74, 6) is 2.44. The molecule has 1 heterocycles. The van der Waals surface area contributed by atoms with E-state index >= 15 is 0 Å². The fourth-order valence-electron chi connectivity index (χ4n) is 6.57. The highest BCUT2D eigenvalue weighted by Crippen LogP contribution is 2.60. The van der Waals surface area contributed by atoms with E-state index in [9.17, 15) is 4.79 Å². The van der Waals surface area contributed by atoms with Crippen molar-refractivity contribution in [3.63, 3.8) is 0 Å². The van der Waals surface area contributed by atoms with Gasteiger partial charge in [0.2, 0.25) is 5.91 Å². The SMILES string of the molecule is Cc1cc(/C=N/NC(=O)C23CC4CC(CC(C4)C2)C3)c(C)n1-c1ccc(Br)cc1. The Morgan fingerprint density at radius 3 is 2.28 bits per heavy atom. The van der Waals surface area contributed by atoms with E-state index in [1.165, 1.54) is 19.3 Å². The maximum absolute atomic E-state index is 13.1. The molecule has 0 unspecified atom stereocenters. The number of hydrazone groups is 1. The molecule has 2 aromatic rings. The Balaban J connectivity index is 1.32. The molecule has 4 aliphatic carbocycles. The van der Waals surface area contributed by atoms with Crippen molar-refractivity contribution in [2.24, 2.45) is 28.3 Å². The first-order valence-electron chi connectivity index (χ1n) is 10.7. The number of aromatic nitrogens is 1. The van der Waals surface area contributed by atoms with Crippen LogP contribution in [0.3, 0.4) is 0 Å². The number of amides is 1. The maximum Gasteiger partial charge on any atom is 0.246 e. The first-order valence-corrected chi connectivity index (χ1v) is 11.5. The van der Waals surface area contributed by atoms with E-state index in [-0.39, 0.29) is 11.3 Å². The zero-order valence-electron chi connectivity index (χ0n) is 17.1. The Kier molecular flexibility index (Phi) is 4.69. The molecule has 0 spiro atoms. The van der Waals surface area contributed by atoms with Crippen molar-refractivity contribution in [1.29, 1.82) is 0 Å². The molecule has 5 heteroatoms. The van der Waals surface area contributed by atoms with Crippen molar-refractivity contribution < 1.29 is 4.79 Å². The van der Waals surface area contributed by atoms with Crippen molar-refractivity contribution in [2.45, 2.75) is 52.4 Å². The summed E-state index contributed by atoms with van der Waals surface area (Å²) in [5, 5.41) is 4.38. The summed E-state index contributed by atoms with van der Waals surface area (Å²) in [7, 11) is 0. The van der Waals surface area contributed by atoms with Gasteiger partial charge in [0.25, 0.3) is 0 Å². The summed E-state index contributed by atoms with van der Waals surface area (Å²) in [5.41, 5.74) is 7.19. The summed E-state index contributed by atoms with van der Waals surface area (Å²) in [4.78, 5) is 13.1. The Morgan fingerprint density at radius 2 is 1.69 bits per heavy atom. The monoisotopic (exact) mass is 453 g/mol. The van der Waals surface area contributed by atoms with Gasteiger partial charge >= 0.3 is 0 Å². The fourth-order valence-corrected chi connectivity index (χ4v) is 6.84. The first kappa shape index (κ1) is 19.1. The molecule has 0 radical (unpaired) electrons. The molecular weight excluding hydrogens is 426 g/mol. The Labute approximate surface area is 180 Å². The Hall–Kier alpha value is -1.88. The van der Waals surface area contributed by atoms with Crippen molar-refractivity contribution in [2.75, 3.05) is 0 Å². The van der Waals surface area contributed by atoms with Gasteiger partial charge in [-0.05, 0) is 100 Å². The minimum atomic E-state index is -0.152. The standard InChI is InChI=1S/C24H28BrN3O/c1-15-7-20(16(2)28(15)22-5-3-21(25)4-6-22)14-26-27-23(29)24-11-17-8-18(12-24)10-19(9-17)13-24/h3-7,14,17-19H,8-13H2,1-2H3,(H,27,29)/b26-14+. The average Bonchev–Trinajstić information content (AvgIpc) is 2.95.